The van der Waals surface area contributed by atoms with E-state index in [1.807, 2.05) is 52.0 Å². The molecule has 2 N–H and O–H groups in total. The average Bonchev–Trinajstić information content (AvgIpc) is 3.72. The van der Waals surface area contributed by atoms with Gasteiger partial charge in [0.25, 0.3) is 33.4 Å². The lowest BCUT2D eigenvalue weighted by molar-refractivity contribution is 0.384. The molecule has 386 valence electrons. The highest BCUT2D eigenvalue weighted by Crippen LogP contribution is 2.50. The Morgan fingerprint density at radius 2 is 0.662 bits per heavy atom. The van der Waals surface area contributed by atoms with E-state index in [-0.39, 0.29) is 45.1 Å². The SMILES string of the molecule is CCCCCCC(CCCCCC)n1c(=O)c2ccc3c4ccc5c(=O)n(C(CCCCCC)CCCCCC)c(=O)c6cc7c8c(=O)n(-c9c(C)c(C)c(N)c(C)c9C)c(=O)c8c8cc(c1=O)c2c3c8c7c4c56. The molecule has 3 aromatic heterocycles. The van der Waals surface area contributed by atoms with E-state index in [1.54, 1.807) is 12.1 Å². The van der Waals surface area contributed by atoms with Gasteiger partial charge in [0.05, 0.1) is 16.5 Å². The fraction of sp³-hybridized carbons (Fsp3) is 0.469. The zero-order valence-corrected chi connectivity index (χ0v) is 45.1. The summed E-state index contributed by atoms with van der Waals surface area (Å²) in [6.45, 7) is 16.3. The number of unbranched alkanes of at least 4 members (excludes halogenated alkanes) is 12. The summed E-state index contributed by atoms with van der Waals surface area (Å²) in [6, 6.07) is 10.5. The Morgan fingerprint density at radius 1 is 0.351 bits per heavy atom. The van der Waals surface area contributed by atoms with Crippen molar-refractivity contribution in [1.29, 1.82) is 0 Å². The Kier molecular flexibility index (Phi) is 14.1. The van der Waals surface area contributed by atoms with Crippen LogP contribution in [0.1, 0.15) is 190 Å². The van der Waals surface area contributed by atoms with E-state index < -0.39 is 11.1 Å². The Hall–Kier alpha value is -6.42. The van der Waals surface area contributed by atoms with Crippen molar-refractivity contribution < 1.29 is 0 Å². The number of hydrogen-bond acceptors (Lipinski definition) is 7. The van der Waals surface area contributed by atoms with E-state index in [2.05, 4.69) is 27.7 Å². The van der Waals surface area contributed by atoms with Crippen molar-refractivity contribution in [1.82, 2.24) is 13.7 Å². The molecule has 0 spiro atoms. The molecule has 10 heteroatoms. The molecular formula is C64H74N4O6. The van der Waals surface area contributed by atoms with Gasteiger partial charge in [-0.3, -0.25) is 37.9 Å². The predicted molar refractivity (Wildman–Crippen MR) is 312 cm³/mol. The molecule has 0 radical (unpaired) electrons. The lowest BCUT2D eigenvalue weighted by Gasteiger charge is -2.24. The number of hydrogen-bond donors (Lipinski definition) is 1. The van der Waals surface area contributed by atoms with Crippen molar-refractivity contribution in [3.05, 3.63) is 121 Å². The van der Waals surface area contributed by atoms with Crippen molar-refractivity contribution in [2.24, 2.45) is 0 Å². The summed E-state index contributed by atoms with van der Waals surface area (Å²) in [6.07, 6.45) is 19.1. The second-order valence-corrected chi connectivity index (χ2v) is 22.1. The molecule has 10 rings (SSSR count). The lowest BCUT2D eigenvalue weighted by atomic mass is 9.81. The number of fused-ring (bicyclic) bond motifs is 4. The fourth-order valence-corrected chi connectivity index (χ4v) is 13.5. The highest BCUT2D eigenvalue weighted by atomic mass is 16.2. The molecule has 0 amide bonds. The predicted octanol–water partition coefficient (Wildman–Crippen LogP) is 14.4. The number of nitrogens with two attached hydrogens (primary N) is 1. The van der Waals surface area contributed by atoms with Crippen LogP contribution in [0.2, 0.25) is 0 Å². The standard InChI is InChI=1S/C64H74N4O6/c1-9-13-17-21-25-39(26-22-18-14-10-2)66-59(69)43-31-29-41-42-30-32-44-50-48(62(72)67(60(44)70)40(27-23-19-15-11-3)28-24-20-16-12-4)34-46-54(52(42)50)53-45(33-47(61(66)71)49(43)51(41)53)55-56(46)64(74)68(63(55)73)58-37(7)35(5)57(65)36(6)38(58)8/h29-34,39-40H,9-28,65H2,1-8H3. The second-order valence-electron chi connectivity index (χ2n) is 22.1. The molecule has 0 fully saturated rings. The first-order chi connectivity index (χ1) is 35.7. The first kappa shape index (κ1) is 51.1. The largest absolute Gasteiger partial charge is 0.398 e. The molecule has 7 aromatic carbocycles. The molecule has 0 unspecified atom stereocenters. The summed E-state index contributed by atoms with van der Waals surface area (Å²) in [4.78, 5) is 93.0. The van der Waals surface area contributed by atoms with Crippen LogP contribution in [-0.4, -0.2) is 13.7 Å². The molecule has 3 heterocycles. The normalized spacial score (nSPS) is 12.7. The quantitative estimate of drug-likeness (QED) is 0.0291. The van der Waals surface area contributed by atoms with Gasteiger partial charge in [0.15, 0.2) is 0 Å². The number of pyridine rings is 2. The monoisotopic (exact) mass is 995 g/mol. The summed E-state index contributed by atoms with van der Waals surface area (Å²) < 4.78 is 4.31. The number of rotatable bonds is 23. The molecule has 0 aliphatic heterocycles. The minimum absolute atomic E-state index is 0.164. The molecule has 0 saturated carbocycles. The van der Waals surface area contributed by atoms with Gasteiger partial charge in [0.1, 0.15) is 0 Å². The molecule has 0 aliphatic carbocycles. The third-order valence-electron chi connectivity index (χ3n) is 17.7. The average molecular weight is 995 g/mol. The van der Waals surface area contributed by atoms with Gasteiger partial charge in [-0.25, -0.2) is 4.57 Å². The maximum Gasteiger partial charge on any atom is 0.266 e. The van der Waals surface area contributed by atoms with E-state index in [9.17, 15) is 0 Å². The van der Waals surface area contributed by atoms with Gasteiger partial charge < -0.3 is 5.73 Å². The van der Waals surface area contributed by atoms with Crippen LogP contribution in [0.15, 0.2) is 65.2 Å². The van der Waals surface area contributed by atoms with Gasteiger partial charge in [-0.05, 0) is 143 Å². The van der Waals surface area contributed by atoms with Crippen molar-refractivity contribution in [2.45, 2.75) is 196 Å². The molecule has 10 nitrogen and oxygen atoms in total. The van der Waals surface area contributed by atoms with E-state index in [1.165, 1.54) is 13.7 Å². The lowest BCUT2D eigenvalue weighted by Crippen LogP contribution is -2.37. The van der Waals surface area contributed by atoms with Gasteiger partial charge in [0, 0.05) is 50.1 Å². The number of nitrogen functional groups attached to an aromatic ring is 1. The zero-order chi connectivity index (χ0) is 52.4. The number of aromatic nitrogens is 3. The molecular weight excluding hydrogens is 921 g/mol. The van der Waals surface area contributed by atoms with Gasteiger partial charge >= 0.3 is 0 Å². The van der Waals surface area contributed by atoms with Crippen molar-refractivity contribution in [3.8, 4) is 5.69 Å². The summed E-state index contributed by atoms with van der Waals surface area (Å²) >= 11 is 0. The van der Waals surface area contributed by atoms with Gasteiger partial charge in [0.2, 0.25) is 0 Å². The Morgan fingerprint density at radius 3 is 1.00 bits per heavy atom. The van der Waals surface area contributed by atoms with Gasteiger partial charge in [-0.15, -0.1) is 0 Å². The van der Waals surface area contributed by atoms with Gasteiger partial charge in [-0.1, -0.05) is 143 Å². The van der Waals surface area contributed by atoms with Crippen molar-refractivity contribution in [3.63, 3.8) is 0 Å². The molecule has 10 aromatic rings. The fourth-order valence-electron chi connectivity index (χ4n) is 13.5. The Balaban J connectivity index is 1.38. The summed E-state index contributed by atoms with van der Waals surface area (Å²) in [5, 5.41) is 7.94. The highest BCUT2D eigenvalue weighted by Gasteiger charge is 2.32. The van der Waals surface area contributed by atoms with Crippen LogP contribution in [0.25, 0.3) is 91.9 Å². The van der Waals surface area contributed by atoms with E-state index >= 15 is 28.8 Å². The minimum Gasteiger partial charge on any atom is -0.398 e. The Bertz CT molecular complexity index is 3840. The third kappa shape index (κ3) is 7.77. The number of anilines is 1. The molecule has 0 bridgehead atoms. The molecule has 0 atom stereocenters. The maximum absolute atomic E-state index is 15.8. The van der Waals surface area contributed by atoms with Crippen LogP contribution in [0.3, 0.4) is 0 Å². The number of benzene rings is 7. The topological polar surface area (TPSA) is 143 Å². The summed E-state index contributed by atoms with van der Waals surface area (Å²) in [5.74, 6) is 0. The van der Waals surface area contributed by atoms with E-state index in [0.29, 0.717) is 113 Å². The zero-order valence-electron chi connectivity index (χ0n) is 45.1. The van der Waals surface area contributed by atoms with Crippen molar-refractivity contribution >= 4 is 91.9 Å². The van der Waals surface area contributed by atoms with Crippen LogP contribution < -0.4 is 39.1 Å². The number of nitrogens with zero attached hydrogens (tertiary/aromatic N) is 3. The van der Waals surface area contributed by atoms with E-state index in [0.717, 1.165) is 125 Å². The molecule has 74 heavy (non-hydrogen) atoms. The maximum atomic E-state index is 15.8. The van der Waals surface area contributed by atoms with Crippen molar-refractivity contribution in [2.75, 3.05) is 5.73 Å². The highest BCUT2D eigenvalue weighted by molar-refractivity contribution is 6.48. The summed E-state index contributed by atoms with van der Waals surface area (Å²) in [5.41, 5.74) is 8.21. The van der Waals surface area contributed by atoms with Crippen LogP contribution >= 0.6 is 0 Å². The smallest absolute Gasteiger partial charge is 0.266 e. The first-order valence-electron chi connectivity index (χ1n) is 28.3. The molecule has 0 aliphatic rings. The summed E-state index contributed by atoms with van der Waals surface area (Å²) in [7, 11) is 0. The van der Waals surface area contributed by atoms with Gasteiger partial charge in [-0.2, -0.15) is 0 Å². The van der Waals surface area contributed by atoms with Crippen LogP contribution in [-0.2, 0) is 0 Å². The van der Waals surface area contributed by atoms with Crippen LogP contribution in [0, 0.1) is 27.7 Å². The van der Waals surface area contributed by atoms with E-state index in [4.69, 9.17) is 5.73 Å². The second kappa shape index (κ2) is 20.4. The van der Waals surface area contributed by atoms with Crippen LogP contribution in [0.4, 0.5) is 5.69 Å². The minimum atomic E-state index is -0.525. The van der Waals surface area contributed by atoms with Crippen LogP contribution in [0.5, 0.6) is 0 Å². The molecule has 0 saturated heterocycles. The first-order valence-corrected chi connectivity index (χ1v) is 28.3. The Labute approximate surface area is 431 Å². The third-order valence-corrected chi connectivity index (χ3v) is 17.7.